The molecule has 0 bridgehead atoms. The number of nitrogens with one attached hydrogen (secondary N) is 1. The van der Waals surface area contributed by atoms with Crippen LogP contribution in [0.5, 0.6) is 0 Å². The normalized spacial score (nSPS) is 23.9. The summed E-state index contributed by atoms with van der Waals surface area (Å²) in [6.45, 7) is 6.78. The number of amides is 1. The molecule has 0 unspecified atom stereocenters. The molecule has 2 aliphatic rings. The number of hydrogen-bond acceptors (Lipinski definition) is 7. The van der Waals surface area contributed by atoms with Crippen LogP contribution in [0.1, 0.15) is 26.3 Å². The molecule has 1 amide bonds. The van der Waals surface area contributed by atoms with Gasteiger partial charge in [-0.15, -0.1) is 11.3 Å². The number of piperazine rings is 2. The van der Waals surface area contributed by atoms with Gasteiger partial charge in [-0.1, -0.05) is 32.0 Å². The van der Waals surface area contributed by atoms with Gasteiger partial charge in [-0.3, -0.25) is 9.69 Å². The minimum atomic E-state index is -4.83. The quantitative estimate of drug-likeness (QED) is 0.529. The Morgan fingerprint density at radius 3 is 2.39 bits per heavy atom. The predicted molar refractivity (Wildman–Crippen MR) is 139 cm³/mol. The maximum atomic E-state index is 13.3. The average Bonchev–Trinajstić information content (AvgIpc) is 3.39. The number of alkyl halides is 3. The van der Waals surface area contributed by atoms with Gasteiger partial charge >= 0.3 is 6.18 Å². The molecule has 0 spiro atoms. The highest BCUT2D eigenvalue weighted by atomic mass is 32.2. The highest BCUT2D eigenvalue weighted by Crippen LogP contribution is 2.39. The Morgan fingerprint density at radius 2 is 1.82 bits per heavy atom. The van der Waals surface area contributed by atoms with Crippen LogP contribution in [0.25, 0.3) is 0 Å². The first-order valence-electron chi connectivity index (χ1n) is 12.4. The van der Waals surface area contributed by atoms with Crippen molar-refractivity contribution in [2.45, 2.75) is 48.8 Å². The molecule has 3 heterocycles. The van der Waals surface area contributed by atoms with Gasteiger partial charge in [-0.2, -0.15) is 17.5 Å². The number of anilines is 1. The standard InChI is InChI=1S/C25H33F3N4O4S2/c1-17(2)22-23(33)29-10-11-30(22)15-20-16-31(38(35,36)21-5-4-14-37-21)12-13-32(20)19-8-6-18(7-9-19)24(3,34)25(26,27)28/h4-9,14,17,20,22,34H,10-13,15-16H2,1-3H3,(H,29,33)/t20-,22+,24-/m0/s1. The lowest BCUT2D eigenvalue weighted by atomic mass is 9.95. The second-order valence-corrected chi connectivity index (χ2v) is 13.3. The number of halogens is 3. The van der Waals surface area contributed by atoms with Gasteiger partial charge in [0.2, 0.25) is 5.91 Å². The maximum Gasteiger partial charge on any atom is 0.421 e. The van der Waals surface area contributed by atoms with Crippen LogP contribution in [0, 0.1) is 5.92 Å². The van der Waals surface area contributed by atoms with Crippen molar-refractivity contribution in [3.63, 3.8) is 0 Å². The fraction of sp³-hybridized carbons (Fsp3) is 0.560. The third-order valence-corrected chi connectivity index (χ3v) is 10.5. The van der Waals surface area contributed by atoms with E-state index in [1.54, 1.807) is 17.5 Å². The van der Waals surface area contributed by atoms with Crippen LogP contribution < -0.4 is 10.2 Å². The zero-order valence-corrected chi connectivity index (χ0v) is 23.1. The van der Waals surface area contributed by atoms with Crippen LogP contribution in [0.3, 0.4) is 0 Å². The molecule has 1 aromatic carbocycles. The molecule has 2 N–H and O–H groups in total. The molecular formula is C25H33F3N4O4S2. The summed E-state index contributed by atoms with van der Waals surface area (Å²) in [5.74, 6) is -0.0439. The van der Waals surface area contributed by atoms with E-state index in [1.807, 2.05) is 18.7 Å². The van der Waals surface area contributed by atoms with Crippen LogP contribution in [-0.2, 0) is 20.4 Å². The van der Waals surface area contributed by atoms with Crippen LogP contribution in [-0.4, -0.2) is 86.2 Å². The van der Waals surface area contributed by atoms with Gasteiger partial charge in [0.05, 0.1) is 12.1 Å². The van der Waals surface area contributed by atoms with E-state index in [0.717, 1.165) is 11.3 Å². The Bertz CT molecular complexity index is 1220. The fourth-order valence-electron chi connectivity index (χ4n) is 5.15. The SMILES string of the molecule is CC(C)[C@@H]1C(=O)NCCN1C[C@H]1CN(S(=O)(=O)c2cccs2)CCN1c1ccc([C@](C)(O)C(F)(F)F)cc1. The molecule has 2 aromatic rings. The first-order chi connectivity index (χ1) is 17.7. The summed E-state index contributed by atoms with van der Waals surface area (Å²) in [7, 11) is -3.71. The zero-order chi connectivity index (χ0) is 27.9. The van der Waals surface area contributed by atoms with Gasteiger partial charge in [0, 0.05) is 45.0 Å². The maximum absolute atomic E-state index is 13.3. The molecule has 8 nitrogen and oxygen atoms in total. The Labute approximate surface area is 225 Å². The number of thiophene rings is 1. The largest absolute Gasteiger partial charge is 0.421 e. The average molecular weight is 575 g/mol. The topological polar surface area (TPSA) is 93.2 Å². The fourth-order valence-corrected chi connectivity index (χ4v) is 7.77. The van der Waals surface area contributed by atoms with E-state index in [4.69, 9.17) is 0 Å². The summed E-state index contributed by atoms with van der Waals surface area (Å²) >= 11 is 1.15. The lowest BCUT2D eigenvalue weighted by Crippen LogP contribution is -2.63. The van der Waals surface area contributed by atoms with Crippen molar-refractivity contribution in [2.24, 2.45) is 5.92 Å². The third-order valence-electron chi connectivity index (χ3n) is 7.28. The minimum absolute atomic E-state index is 0.0298. The molecule has 1 aromatic heterocycles. The number of hydrogen-bond donors (Lipinski definition) is 2. The van der Waals surface area contributed by atoms with Crippen molar-refractivity contribution in [2.75, 3.05) is 44.2 Å². The number of sulfonamides is 1. The molecule has 210 valence electrons. The van der Waals surface area contributed by atoms with Crippen molar-refractivity contribution in [1.29, 1.82) is 0 Å². The summed E-state index contributed by atoms with van der Waals surface area (Å²) in [5.41, 5.74) is -2.66. The lowest BCUT2D eigenvalue weighted by Gasteiger charge is -2.46. The molecule has 0 saturated carbocycles. The first kappa shape index (κ1) is 28.8. The Morgan fingerprint density at radius 1 is 1.13 bits per heavy atom. The monoisotopic (exact) mass is 574 g/mol. The molecule has 2 saturated heterocycles. The van der Waals surface area contributed by atoms with Crippen molar-refractivity contribution in [3.05, 3.63) is 47.3 Å². The number of benzene rings is 1. The highest BCUT2D eigenvalue weighted by Gasteiger charge is 2.51. The Balaban J connectivity index is 1.64. The number of nitrogens with zero attached hydrogens (tertiary/aromatic N) is 3. The van der Waals surface area contributed by atoms with Gasteiger partial charge in [0.25, 0.3) is 10.0 Å². The van der Waals surface area contributed by atoms with Gasteiger partial charge < -0.3 is 15.3 Å². The summed E-state index contributed by atoms with van der Waals surface area (Å²) in [6, 6.07) is 8.06. The number of carbonyl (C=O) groups is 1. The summed E-state index contributed by atoms with van der Waals surface area (Å²) in [4.78, 5) is 16.7. The molecule has 13 heteroatoms. The van der Waals surface area contributed by atoms with Crippen molar-refractivity contribution in [1.82, 2.24) is 14.5 Å². The van der Waals surface area contributed by atoms with E-state index in [9.17, 15) is 31.5 Å². The molecule has 38 heavy (non-hydrogen) atoms. The van der Waals surface area contributed by atoms with Crippen molar-refractivity contribution in [3.8, 4) is 0 Å². The summed E-state index contributed by atoms with van der Waals surface area (Å²) in [5, 5.41) is 14.7. The van der Waals surface area contributed by atoms with Crippen molar-refractivity contribution >= 4 is 33.0 Å². The molecule has 4 rings (SSSR count). The number of aliphatic hydroxyl groups is 1. The number of rotatable bonds is 7. The third kappa shape index (κ3) is 5.57. The van der Waals surface area contributed by atoms with Crippen molar-refractivity contribution < 1.29 is 31.5 Å². The van der Waals surface area contributed by atoms with E-state index in [0.29, 0.717) is 38.8 Å². The van der Waals surface area contributed by atoms with E-state index in [2.05, 4.69) is 10.2 Å². The number of carbonyl (C=O) groups excluding carboxylic acids is 1. The smallest absolute Gasteiger partial charge is 0.376 e. The first-order valence-corrected chi connectivity index (χ1v) is 14.8. The highest BCUT2D eigenvalue weighted by molar-refractivity contribution is 7.91. The van der Waals surface area contributed by atoms with E-state index < -0.39 is 21.8 Å². The Kier molecular flexibility index (Phi) is 8.16. The van der Waals surface area contributed by atoms with Gasteiger partial charge in [-0.05, 0) is 42.0 Å². The van der Waals surface area contributed by atoms with Crippen LogP contribution >= 0.6 is 11.3 Å². The van der Waals surface area contributed by atoms with E-state index >= 15 is 0 Å². The second kappa shape index (κ2) is 10.8. The molecule has 2 aliphatic heterocycles. The second-order valence-electron chi connectivity index (χ2n) is 10.2. The van der Waals surface area contributed by atoms with Gasteiger partial charge in [0.1, 0.15) is 4.21 Å². The summed E-state index contributed by atoms with van der Waals surface area (Å²) in [6.07, 6.45) is -4.83. The van der Waals surface area contributed by atoms with E-state index in [1.165, 1.54) is 28.6 Å². The van der Waals surface area contributed by atoms with Gasteiger partial charge in [-0.25, -0.2) is 8.42 Å². The molecule has 0 radical (unpaired) electrons. The van der Waals surface area contributed by atoms with E-state index in [-0.39, 0.29) is 46.8 Å². The minimum Gasteiger partial charge on any atom is -0.376 e. The Hall–Kier alpha value is -2.19. The zero-order valence-electron chi connectivity index (χ0n) is 21.5. The van der Waals surface area contributed by atoms with Crippen LogP contribution in [0.4, 0.5) is 18.9 Å². The summed E-state index contributed by atoms with van der Waals surface area (Å²) < 4.78 is 68.3. The van der Waals surface area contributed by atoms with Gasteiger partial charge in [0.15, 0.2) is 5.60 Å². The lowest BCUT2D eigenvalue weighted by molar-refractivity contribution is -0.258. The molecule has 2 fully saturated rings. The predicted octanol–water partition coefficient (Wildman–Crippen LogP) is 2.85. The van der Waals surface area contributed by atoms with Crippen LogP contribution in [0.2, 0.25) is 0 Å². The molecule has 3 atom stereocenters. The van der Waals surface area contributed by atoms with Crippen LogP contribution in [0.15, 0.2) is 46.0 Å². The molecule has 0 aliphatic carbocycles. The molecular weight excluding hydrogens is 541 g/mol.